The Balaban J connectivity index is 4.30. The molecule has 0 saturated heterocycles. The summed E-state index contributed by atoms with van der Waals surface area (Å²) in [4.78, 5) is 0. The van der Waals surface area contributed by atoms with Gasteiger partial charge in [0.1, 0.15) is 11.4 Å². The van der Waals surface area contributed by atoms with Crippen molar-refractivity contribution >= 4 is 0 Å². The van der Waals surface area contributed by atoms with Crippen LogP contribution in [0.25, 0.3) is 0 Å². The number of hydrogen-bond donors (Lipinski definition) is 0. The average molecular weight is 180 g/mol. The molecule has 0 amide bonds. The van der Waals surface area contributed by atoms with E-state index in [1.165, 1.54) is 0 Å². The molecule has 0 N–H and O–H groups in total. The molecule has 0 aromatic carbocycles. The van der Waals surface area contributed by atoms with E-state index < -0.39 is 0 Å². The summed E-state index contributed by atoms with van der Waals surface area (Å²) < 4.78 is 5.76. The van der Waals surface area contributed by atoms with E-state index in [0.29, 0.717) is 0 Å². The number of hydrogen-bond acceptors (Lipinski definition) is 1. The molecule has 0 aromatic heterocycles. The number of ether oxygens (including phenoxy) is 1. The molecular formula is C12H20O. The summed E-state index contributed by atoms with van der Waals surface area (Å²) in [5.41, 5.74) is -0.0899. The van der Waals surface area contributed by atoms with Gasteiger partial charge in [-0.3, -0.25) is 0 Å². The minimum atomic E-state index is -0.0899. The molecule has 13 heavy (non-hydrogen) atoms. The van der Waals surface area contributed by atoms with Crippen molar-refractivity contribution in [2.45, 2.75) is 39.7 Å². The Morgan fingerprint density at radius 3 is 2.46 bits per heavy atom. The Morgan fingerprint density at radius 1 is 1.46 bits per heavy atom. The van der Waals surface area contributed by atoms with Crippen LogP contribution in [0.5, 0.6) is 0 Å². The van der Waals surface area contributed by atoms with Gasteiger partial charge in [-0.2, -0.15) is 0 Å². The lowest BCUT2D eigenvalue weighted by Gasteiger charge is -2.25. The van der Waals surface area contributed by atoms with Crippen LogP contribution in [0.1, 0.15) is 34.1 Å². The normalized spacial score (nSPS) is 13.4. The van der Waals surface area contributed by atoms with Gasteiger partial charge in [0.05, 0.1) is 0 Å². The third-order valence-electron chi connectivity index (χ3n) is 1.93. The van der Waals surface area contributed by atoms with Crippen molar-refractivity contribution in [1.82, 2.24) is 0 Å². The molecule has 0 heterocycles. The molecule has 0 aromatic rings. The molecule has 0 atom stereocenters. The van der Waals surface area contributed by atoms with E-state index in [1.807, 2.05) is 25.2 Å². The maximum atomic E-state index is 5.76. The maximum Gasteiger partial charge on any atom is 0.115 e. The van der Waals surface area contributed by atoms with Gasteiger partial charge in [0.2, 0.25) is 0 Å². The van der Waals surface area contributed by atoms with Crippen molar-refractivity contribution in [2.24, 2.45) is 0 Å². The molecule has 0 rings (SSSR count). The van der Waals surface area contributed by atoms with Crippen LogP contribution in [0, 0.1) is 0 Å². The molecular weight excluding hydrogens is 160 g/mol. The zero-order valence-corrected chi connectivity index (χ0v) is 9.13. The first kappa shape index (κ1) is 12.0. The van der Waals surface area contributed by atoms with Crippen molar-refractivity contribution in [2.75, 3.05) is 0 Å². The number of rotatable bonds is 5. The molecule has 1 heteroatoms. The summed E-state index contributed by atoms with van der Waals surface area (Å²) >= 11 is 0. The molecule has 0 aliphatic carbocycles. The molecule has 0 unspecified atom stereocenters. The SMILES string of the molecule is C=C/C=C\C(=C/C)OC(C)(C)CC. The predicted octanol–water partition coefficient (Wildman–Crippen LogP) is 3.84. The highest BCUT2D eigenvalue weighted by atomic mass is 16.5. The summed E-state index contributed by atoms with van der Waals surface area (Å²) in [5.74, 6) is 0.895. The Hall–Kier alpha value is -0.980. The van der Waals surface area contributed by atoms with E-state index in [4.69, 9.17) is 4.74 Å². The van der Waals surface area contributed by atoms with Gasteiger partial charge in [0.15, 0.2) is 0 Å². The first-order valence-electron chi connectivity index (χ1n) is 4.70. The fourth-order valence-electron chi connectivity index (χ4n) is 0.743. The summed E-state index contributed by atoms with van der Waals surface area (Å²) in [6, 6.07) is 0. The van der Waals surface area contributed by atoms with Gasteiger partial charge in [0, 0.05) is 0 Å². The van der Waals surface area contributed by atoms with Gasteiger partial charge in [-0.15, -0.1) is 0 Å². The minimum absolute atomic E-state index is 0.0899. The van der Waals surface area contributed by atoms with Gasteiger partial charge in [-0.25, -0.2) is 0 Å². The van der Waals surface area contributed by atoms with Crippen molar-refractivity contribution in [3.63, 3.8) is 0 Å². The predicted molar refractivity (Wildman–Crippen MR) is 58.5 cm³/mol. The fourth-order valence-corrected chi connectivity index (χ4v) is 0.743. The van der Waals surface area contributed by atoms with Crippen LogP contribution < -0.4 is 0 Å². The van der Waals surface area contributed by atoms with E-state index in [-0.39, 0.29) is 5.60 Å². The first-order valence-corrected chi connectivity index (χ1v) is 4.70. The van der Waals surface area contributed by atoms with Crippen LogP contribution in [0.3, 0.4) is 0 Å². The minimum Gasteiger partial charge on any atom is -0.488 e. The monoisotopic (exact) mass is 180 g/mol. The molecule has 1 nitrogen and oxygen atoms in total. The largest absolute Gasteiger partial charge is 0.488 e. The summed E-state index contributed by atoms with van der Waals surface area (Å²) in [6.07, 6.45) is 8.49. The lowest BCUT2D eigenvalue weighted by atomic mass is 10.1. The molecule has 0 aliphatic rings. The lowest BCUT2D eigenvalue weighted by molar-refractivity contribution is 0.0385. The van der Waals surface area contributed by atoms with E-state index >= 15 is 0 Å². The molecule has 0 aliphatic heterocycles. The highest BCUT2D eigenvalue weighted by Gasteiger charge is 2.16. The van der Waals surface area contributed by atoms with Crippen LogP contribution >= 0.6 is 0 Å². The summed E-state index contributed by atoms with van der Waals surface area (Å²) in [6.45, 7) is 11.9. The standard InChI is InChI=1S/C12H20O/c1-6-9-10-11(7-2)13-12(4,5)8-3/h6-7,9-10H,1,8H2,2-5H3/b10-9-,11-7+. The fraction of sp³-hybridized carbons (Fsp3) is 0.500. The van der Waals surface area contributed by atoms with Gasteiger partial charge in [-0.1, -0.05) is 25.7 Å². The molecule has 0 radical (unpaired) electrons. The molecule has 0 fully saturated rings. The highest BCUT2D eigenvalue weighted by molar-refractivity contribution is 5.16. The van der Waals surface area contributed by atoms with E-state index in [0.717, 1.165) is 12.2 Å². The Morgan fingerprint density at radius 2 is 2.08 bits per heavy atom. The Kier molecular flexibility index (Phi) is 5.20. The second-order valence-corrected chi connectivity index (χ2v) is 3.50. The summed E-state index contributed by atoms with van der Waals surface area (Å²) in [5, 5.41) is 0. The van der Waals surface area contributed by atoms with Crippen molar-refractivity contribution in [3.05, 3.63) is 36.6 Å². The Labute approximate surface area is 81.8 Å². The second-order valence-electron chi connectivity index (χ2n) is 3.50. The highest BCUT2D eigenvalue weighted by Crippen LogP contribution is 2.18. The zero-order chi connectivity index (χ0) is 10.3. The first-order chi connectivity index (χ1) is 6.05. The van der Waals surface area contributed by atoms with Gasteiger partial charge in [0.25, 0.3) is 0 Å². The third-order valence-corrected chi connectivity index (χ3v) is 1.93. The molecule has 0 saturated carbocycles. The van der Waals surface area contributed by atoms with E-state index in [1.54, 1.807) is 6.08 Å². The van der Waals surface area contributed by atoms with Gasteiger partial charge in [-0.05, 0) is 39.3 Å². The average Bonchev–Trinajstić information content (AvgIpc) is 2.12. The van der Waals surface area contributed by atoms with Crippen LogP contribution in [-0.2, 0) is 4.74 Å². The quantitative estimate of drug-likeness (QED) is 0.461. The maximum absolute atomic E-state index is 5.76. The smallest absolute Gasteiger partial charge is 0.115 e. The number of allylic oxidation sites excluding steroid dienone is 4. The van der Waals surface area contributed by atoms with Crippen molar-refractivity contribution < 1.29 is 4.74 Å². The van der Waals surface area contributed by atoms with Gasteiger partial charge >= 0.3 is 0 Å². The summed E-state index contributed by atoms with van der Waals surface area (Å²) in [7, 11) is 0. The van der Waals surface area contributed by atoms with E-state index in [2.05, 4.69) is 27.4 Å². The third kappa shape index (κ3) is 5.29. The Bertz CT molecular complexity index is 209. The van der Waals surface area contributed by atoms with Crippen LogP contribution in [0.15, 0.2) is 36.6 Å². The van der Waals surface area contributed by atoms with Crippen molar-refractivity contribution in [3.8, 4) is 0 Å². The van der Waals surface area contributed by atoms with Crippen LogP contribution in [0.4, 0.5) is 0 Å². The molecule has 0 spiro atoms. The topological polar surface area (TPSA) is 9.23 Å². The molecule has 0 bridgehead atoms. The zero-order valence-electron chi connectivity index (χ0n) is 9.13. The van der Waals surface area contributed by atoms with Crippen molar-refractivity contribution in [1.29, 1.82) is 0 Å². The second kappa shape index (κ2) is 5.63. The van der Waals surface area contributed by atoms with Gasteiger partial charge < -0.3 is 4.74 Å². The lowest BCUT2D eigenvalue weighted by Crippen LogP contribution is -2.22. The van der Waals surface area contributed by atoms with Crippen LogP contribution in [-0.4, -0.2) is 5.60 Å². The van der Waals surface area contributed by atoms with E-state index in [9.17, 15) is 0 Å². The molecule has 74 valence electrons. The van der Waals surface area contributed by atoms with Crippen LogP contribution in [0.2, 0.25) is 0 Å².